The molecule has 3 saturated heterocycles. The number of halogens is 2. The molecule has 3 fully saturated rings. The number of anilines is 1. The van der Waals surface area contributed by atoms with Crippen LogP contribution < -0.4 is 4.90 Å². The Kier molecular flexibility index (Phi) is 6.56. The highest BCUT2D eigenvalue weighted by molar-refractivity contribution is 5.86. The maximum absolute atomic E-state index is 15.7. The van der Waals surface area contributed by atoms with Crippen molar-refractivity contribution in [2.45, 2.75) is 37.8 Å². The molecule has 3 aliphatic heterocycles. The van der Waals surface area contributed by atoms with Gasteiger partial charge < -0.3 is 19.1 Å². The Hall–Kier alpha value is -2.73. The van der Waals surface area contributed by atoms with Gasteiger partial charge in [0.05, 0.1) is 63.3 Å². The van der Waals surface area contributed by atoms with Crippen molar-refractivity contribution in [2.75, 3.05) is 64.6 Å². The molecule has 0 N–H and O–H groups in total. The van der Waals surface area contributed by atoms with E-state index in [0.717, 1.165) is 40.9 Å². The van der Waals surface area contributed by atoms with Gasteiger partial charge in [-0.15, -0.1) is 0 Å². The summed E-state index contributed by atoms with van der Waals surface area (Å²) in [4.78, 5) is 12.9. The number of alkyl halides is 2. The van der Waals surface area contributed by atoms with E-state index in [1.165, 1.54) is 6.33 Å². The van der Waals surface area contributed by atoms with Gasteiger partial charge in [0.1, 0.15) is 12.1 Å². The number of fused-ring (bicyclic) bond motifs is 1. The number of likely N-dealkylation sites (tertiary alicyclic amines) is 1. The molecular weight excluding hydrogens is 482 g/mol. The summed E-state index contributed by atoms with van der Waals surface area (Å²) < 4.78 is 49.2. The molecule has 1 atom stereocenters. The van der Waals surface area contributed by atoms with Crippen molar-refractivity contribution in [3.8, 4) is 5.82 Å². The van der Waals surface area contributed by atoms with E-state index in [-0.39, 0.29) is 12.6 Å². The van der Waals surface area contributed by atoms with Crippen LogP contribution >= 0.6 is 0 Å². The Labute approximate surface area is 214 Å². The number of ether oxygens (including phenoxy) is 3. The van der Waals surface area contributed by atoms with Crippen LogP contribution in [-0.4, -0.2) is 96.3 Å². The summed E-state index contributed by atoms with van der Waals surface area (Å²) in [6, 6.07) is 3.87. The number of piperidine rings is 1. The normalized spacial score (nSPS) is 22.9. The summed E-state index contributed by atoms with van der Waals surface area (Å²) in [5.41, 5.74) is 3.12. The predicted molar refractivity (Wildman–Crippen MR) is 134 cm³/mol. The average Bonchev–Trinajstić information content (AvgIpc) is 3.29. The lowest BCUT2D eigenvalue weighted by atomic mass is 9.81. The van der Waals surface area contributed by atoms with E-state index in [0.29, 0.717) is 57.4 Å². The van der Waals surface area contributed by atoms with Crippen molar-refractivity contribution in [1.29, 1.82) is 0 Å². The molecule has 1 unspecified atom stereocenters. The SMILES string of the molecule is COCc1c(C)c(C2CCN(C3COC3)CC2(F)F)cc2c1cnn2-c1cc(N2CCOCC2)ncn1. The van der Waals surface area contributed by atoms with Gasteiger partial charge >= 0.3 is 0 Å². The number of morpholine rings is 1. The zero-order valence-corrected chi connectivity index (χ0v) is 21.2. The van der Waals surface area contributed by atoms with Crippen molar-refractivity contribution in [3.05, 3.63) is 41.3 Å². The molecule has 198 valence electrons. The molecular formula is C26H32F2N6O3. The smallest absolute Gasteiger partial charge is 0.267 e. The van der Waals surface area contributed by atoms with Crippen molar-refractivity contribution in [2.24, 2.45) is 0 Å². The second-order valence-corrected chi connectivity index (χ2v) is 10.1. The van der Waals surface area contributed by atoms with E-state index in [4.69, 9.17) is 14.2 Å². The second-order valence-electron chi connectivity index (χ2n) is 10.1. The van der Waals surface area contributed by atoms with Crippen LogP contribution in [0.1, 0.15) is 29.0 Å². The Morgan fingerprint density at radius 1 is 1.08 bits per heavy atom. The fourth-order valence-electron chi connectivity index (χ4n) is 5.75. The molecule has 0 radical (unpaired) electrons. The van der Waals surface area contributed by atoms with Gasteiger partial charge in [-0.05, 0) is 42.6 Å². The first-order chi connectivity index (χ1) is 18.0. The Morgan fingerprint density at radius 2 is 1.86 bits per heavy atom. The van der Waals surface area contributed by atoms with Crippen molar-refractivity contribution in [1.82, 2.24) is 24.6 Å². The Morgan fingerprint density at radius 3 is 2.57 bits per heavy atom. The number of hydrogen-bond donors (Lipinski definition) is 0. The molecule has 2 aromatic heterocycles. The first kappa shape index (κ1) is 24.6. The monoisotopic (exact) mass is 514 g/mol. The number of rotatable bonds is 6. The summed E-state index contributed by atoms with van der Waals surface area (Å²) in [5, 5.41) is 5.51. The van der Waals surface area contributed by atoms with Gasteiger partial charge in [0.2, 0.25) is 0 Å². The molecule has 6 rings (SSSR count). The summed E-state index contributed by atoms with van der Waals surface area (Å²) >= 11 is 0. The minimum absolute atomic E-state index is 0.0966. The lowest BCUT2D eigenvalue weighted by molar-refractivity contribution is -0.136. The van der Waals surface area contributed by atoms with Crippen LogP contribution in [0.3, 0.4) is 0 Å². The molecule has 37 heavy (non-hydrogen) atoms. The number of methoxy groups -OCH3 is 1. The molecule has 0 saturated carbocycles. The number of hydrogen-bond acceptors (Lipinski definition) is 8. The van der Waals surface area contributed by atoms with Crippen molar-refractivity contribution >= 4 is 16.7 Å². The van der Waals surface area contributed by atoms with Crippen LogP contribution in [0.15, 0.2) is 24.7 Å². The van der Waals surface area contributed by atoms with E-state index in [9.17, 15) is 0 Å². The third-order valence-corrected chi connectivity index (χ3v) is 7.93. The molecule has 0 spiro atoms. The highest BCUT2D eigenvalue weighted by Crippen LogP contribution is 2.44. The van der Waals surface area contributed by atoms with Crippen molar-refractivity contribution in [3.63, 3.8) is 0 Å². The lowest BCUT2D eigenvalue weighted by Gasteiger charge is -2.45. The van der Waals surface area contributed by atoms with Crippen LogP contribution in [0.2, 0.25) is 0 Å². The highest BCUT2D eigenvalue weighted by Gasteiger charge is 2.48. The van der Waals surface area contributed by atoms with E-state index in [1.807, 2.05) is 24.0 Å². The molecule has 0 aliphatic carbocycles. The zero-order chi connectivity index (χ0) is 25.6. The van der Waals surface area contributed by atoms with Gasteiger partial charge in [-0.25, -0.2) is 23.4 Å². The largest absolute Gasteiger partial charge is 0.380 e. The first-order valence-electron chi connectivity index (χ1n) is 12.8. The third-order valence-electron chi connectivity index (χ3n) is 7.93. The third kappa shape index (κ3) is 4.47. The van der Waals surface area contributed by atoms with Crippen LogP contribution in [-0.2, 0) is 20.8 Å². The van der Waals surface area contributed by atoms with Crippen LogP contribution in [0, 0.1) is 6.92 Å². The molecule has 1 aromatic carbocycles. The first-order valence-corrected chi connectivity index (χ1v) is 12.8. The number of nitrogens with zero attached hydrogens (tertiary/aromatic N) is 6. The maximum Gasteiger partial charge on any atom is 0.267 e. The van der Waals surface area contributed by atoms with Gasteiger partial charge in [0.25, 0.3) is 5.92 Å². The van der Waals surface area contributed by atoms with Crippen LogP contribution in [0.5, 0.6) is 0 Å². The molecule has 0 bridgehead atoms. The number of aromatic nitrogens is 4. The van der Waals surface area contributed by atoms with Crippen LogP contribution in [0.25, 0.3) is 16.7 Å². The quantitative estimate of drug-likeness (QED) is 0.497. The maximum atomic E-state index is 15.7. The summed E-state index contributed by atoms with van der Waals surface area (Å²) in [7, 11) is 1.62. The van der Waals surface area contributed by atoms with E-state index >= 15 is 8.78 Å². The highest BCUT2D eigenvalue weighted by atomic mass is 19.3. The lowest BCUT2D eigenvalue weighted by Crippen LogP contribution is -2.57. The zero-order valence-electron chi connectivity index (χ0n) is 21.2. The van der Waals surface area contributed by atoms with E-state index < -0.39 is 11.8 Å². The van der Waals surface area contributed by atoms with Gasteiger partial charge in [-0.2, -0.15) is 5.10 Å². The molecule has 5 heterocycles. The van der Waals surface area contributed by atoms with Gasteiger partial charge in [-0.3, -0.25) is 4.90 Å². The van der Waals surface area contributed by atoms with Gasteiger partial charge in [0, 0.05) is 31.7 Å². The standard InChI is InChI=1S/C26H32F2N6O3/c1-17-19(22-3-4-33(15-26(22,27)28)18-12-37-13-18)9-23-20(21(17)14-35-2)11-31-34(23)25-10-24(29-16-30-25)32-5-7-36-8-6-32/h9-11,16,18,22H,3-8,12-15H2,1-2H3. The van der Waals surface area contributed by atoms with Gasteiger partial charge in [-0.1, -0.05) is 0 Å². The summed E-state index contributed by atoms with van der Waals surface area (Å²) in [6.45, 7) is 6.47. The minimum Gasteiger partial charge on any atom is -0.380 e. The molecule has 3 aromatic rings. The minimum atomic E-state index is -2.86. The molecule has 0 amide bonds. The fraction of sp³-hybridized carbons (Fsp3) is 0.577. The Bertz CT molecular complexity index is 1270. The molecule has 3 aliphatic rings. The molecule has 9 nitrogen and oxygen atoms in total. The second kappa shape index (κ2) is 9.86. The predicted octanol–water partition coefficient (Wildman–Crippen LogP) is 2.93. The van der Waals surface area contributed by atoms with Crippen LogP contribution in [0.4, 0.5) is 14.6 Å². The van der Waals surface area contributed by atoms with Gasteiger partial charge in [0.15, 0.2) is 5.82 Å². The Balaban J connectivity index is 1.41. The summed E-state index contributed by atoms with van der Waals surface area (Å²) in [6.07, 6.45) is 3.67. The fourth-order valence-corrected chi connectivity index (χ4v) is 5.75. The summed E-state index contributed by atoms with van der Waals surface area (Å²) in [5.74, 6) is -2.36. The number of benzene rings is 1. The average molecular weight is 515 g/mol. The molecule has 11 heteroatoms. The van der Waals surface area contributed by atoms with E-state index in [2.05, 4.69) is 20.0 Å². The van der Waals surface area contributed by atoms with E-state index in [1.54, 1.807) is 18.0 Å². The topological polar surface area (TPSA) is 77.8 Å². The van der Waals surface area contributed by atoms with Crippen molar-refractivity contribution < 1.29 is 23.0 Å².